The van der Waals surface area contributed by atoms with Crippen molar-refractivity contribution in [3.05, 3.63) is 0 Å². The molecule has 0 aliphatic rings. The van der Waals surface area contributed by atoms with Gasteiger partial charge in [-0.1, -0.05) is 20.8 Å². The molecular formula is C14H32N2. The smallest absolute Gasteiger partial charge is 0.0223 e. The van der Waals surface area contributed by atoms with Crippen molar-refractivity contribution in [2.45, 2.75) is 78.9 Å². The van der Waals surface area contributed by atoms with E-state index >= 15 is 0 Å². The molecule has 0 radical (unpaired) electrons. The summed E-state index contributed by atoms with van der Waals surface area (Å²) >= 11 is 0. The summed E-state index contributed by atoms with van der Waals surface area (Å²) in [7, 11) is 0. The lowest BCUT2D eigenvalue weighted by atomic mass is 10.0. The standard InChI is InChI=1S/C14H32N2/c1-7-10-15-14(9-3)13(6)16(11-8-2)12(4)5/h12-15H,7-11H2,1-6H3. The lowest BCUT2D eigenvalue weighted by Crippen LogP contribution is -2.51. The van der Waals surface area contributed by atoms with Crippen molar-refractivity contribution in [2.24, 2.45) is 0 Å². The van der Waals surface area contributed by atoms with E-state index in [9.17, 15) is 0 Å². The average molecular weight is 228 g/mol. The molecule has 0 saturated carbocycles. The predicted octanol–water partition coefficient (Wildman–Crippen LogP) is 3.27. The summed E-state index contributed by atoms with van der Waals surface area (Å²) in [4.78, 5) is 2.62. The highest BCUT2D eigenvalue weighted by Crippen LogP contribution is 2.12. The lowest BCUT2D eigenvalue weighted by molar-refractivity contribution is 0.130. The van der Waals surface area contributed by atoms with E-state index in [1.807, 2.05) is 0 Å². The van der Waals surface area contributed by atoms with Crippen LogP contribution < -0.4 is 5.32 Å². The number of rotatable bonds is 9. The number of hydrogen-bond acceptors (Lipinski definition) is 2. The molecule has 0 saturated heterocycles. The second kappa shape index (κ2) is 9.00. The van der Waals surface area contributed by atoms with Gasteiger partial charge in [0.1, 0.15) is 0 Å². The van der Waals surface area contributed by atoms with E-state index in [0.29, 0.717) is 18.1 Å². The largest absolute Gasteiger partial charge is 0.312 e. The fraction of sp³-hybridized carbons (Fsp3) is 1.00. The van der Waals surface area contributed by atoms with Crippen LogP contribution in [0, 0.1) is 0 Å². The number of nitrogens with zero attached hydrogens (tertiary/aromatic N) is 1. The van der Waals surface area contributed by atoms with Gasteiger partial charge in [0.05, 0.1) is 0 Å². The summed E-state index contributed by atoms with van der Waals surface area (Å²) in [5, 5.41) is 3.67. The molecule has 0 amide bonds. The first kappa shape index (κ1) is 15.9. The highest BCUT2D eigenvalue weighted by atomic mass is 15.2. The molecular weight excluding hydrogens is 196 g/mol. The van der Waals surface area contributed by atoms with Gasteiger partial charge < -0.3 is 5.32 Å². The Kier molecular flexibility index (Phi) is 8.96. The van der Waals surface area contributed by atoms with Gasteiger partial charge >= 0.3 is 0 Å². The zero-order valence-corrected chi connectivity index (χ0v) is 12.2. The van der Waals surface area contributed by atoms with Crippen LogP contribution in [-0.4, -0.2) is 36.1 Å². The monoisotopic (exact) mass is 228 g/mol. The van der Waals surface area contributed by atoms with Crippen molar-refractivity contribution in [3.63, 3.8) is 0 Å². The molecule has 2 heteroatoms. The minimum absolute atomic E-state index is 0.633. The van der Waals surface area contributed by atoms with E-state index in [0.717, 1.165) is 6.54 Å². The van der Waals surface area contributed by atoms with Crippen LogP contribution in [0.4, 0.5) is 0 Å². The maximum atomic E-state index is 3.67. The van der Waals surface area contributed by atoms with Crippen molar-refractivity contribution < 1.29 is 0 Å². The number of hydrogen-bond donors (Lipinski definition) is 1. The Bertz CT molecular complexity index is 157. The van der Waals surface area contributed by atoms with Gasteiger partial charge in [-0.2, -0.15) is 0 Å². The summed E-state index contributed by atoms with van der Waals surface area (Å²) in [5.74, 6) is 0. The molecule has 0 aliphatic carbocycles. The van der Waals surface area contributed by atoms with Gasteiger partial charge in [0, 0.05) is 18.1 Å². The van der Waals surface area contributed by atoms with Crippen LogP contribution in [0.25, 0.3) is 0 Å². The van der Waals surface area contributed by atoms with Crippen molar-refractivity contribution in [2.75, 3.05) is 13.1 Å². The first-order chi connectivity index (χ1) is 7.58. The molecule has 0 rings (SSSR count). The van der Waals surface area contributed by atoms with Gasteiger partial charge in [-0.25, -0.2) is 0 Å². The number of nitrogens with one attached hydrogen (secondary N) is 1. The van der Waals surface area contributed by atoms with Crippen molar-refractivity contribution in [3.8, 4) is 0 Å². The molecule has 0 aliphatic heterocycles. The van der Waals surface area contributed by atoms with E-state index in [4.69, 9.17) is 0 Å². The lowest BCUT2D eigenvalue weighted by Gasteiger charge is -2.37. The summed E-state index contributed by atoms with van der Waals surface area (Å²) in [6.45, 7) is 16.1. The van der Waals surface area contributed by atoms with Gasteiger partial charge in [0.15, 0.2) is 0 Å². The van der Waals surface area contributed by atoms with Crippen LogP contribution in [0.5, 0.6) is 0 Å². The molecule has 0 aromatic rings. The van der Waals surface area contributed by atoms with E-state index in [1.165, 1.54) is 25.8 Å². The summed E-state index contributed by atoms with van der Waals surface area (Å²) < 4.78 is 0. The second-order valence-electron chi connectivity index (χ2n) is 5.04. The SMILES string of the molecule is CCCNC(CC)C(C)N(CCC)C(C)C. The van der Waals surface area contributed by atoms with E-state index in [1.54, 1.807) is 0 Å². The predicted molar refractivity (Wildman–Crippen MR) is 74.0 cm³/mol. The third-order valence-corrected chi connectivity index (χ3v) is 3.35. The van der Waals surface area contributed by atoms with Crippen LogP contribution in [-0.2, 0) is 0 Å². The summed E-state index contributed by atoms with van der Waals surface area (Å²) in [6.07, 6.45) is 3.68. The van der Waals surface area contributed by atoms with E-state index in [-0.39, 0.29) is 0 Å². The topological polar surface area (TPSA) is 15.3 Å². The normalized spacial score (nSPS) is 15.8. The molecule has 0 spiro atoms. The molecule has 1 N–H and O–H groups in total. The molecule has 2 nitrogen and oxygen atoms in total. The Labute approximate surface area is 103 Å². The first-order valence-electron chi connectivity index (χ1n) is 7.07. The van der Waals surface area contributed by atoms with Crippen LogP contribution >= 0.6 is 0 Å². The van der Waals surface area contributed by atoms with Crippen LogP contribution in [0.15, 0.2) is 0 Å². The Morgan fingerprint density at radius 2 is 1.62 bits per heavy atom. The van der Waals surface area contributed by atoms with Crippen LogP contribution in [0.1, 0.15) is 60.8 Å². The third kappa shape index (κ3) is 5.31. The quantitative estimate of drug-likeness (QED) is 0.651. The molecule has 0 aromatic carbocycles. The average Bonchev–Trinajstić information content (AvgIpc) is 2.26. The Morgan fingerprint density at radius 3 is 2.00 bits per heavy atom. The van der Waals surface area contributed by atoms with Crippen molar-refractivity contribution in [1.29, 1.82) is 0 Å². The third-order valence-electron chi connectivity index (χ3n) is 3.35. The Hall–Kier alpha value is -0.0800. The molecule has 2 unspecified atom stereocenters. The Balaban J connectivity index is 4.35. The van der Waals surface area contributed by atoms with E-state index < -0.39 is 0 Å². The molecule has 98 valence electrons. The van der Waals surface area contributed by atoms with Gasteiger partial charge in [0.25, 0.3) is 0 Å². The highest BCUT2D eigenvalue weighted by molar-refractivity contribution is 4.81. The van der Waals surface area contributed by atoms with Gasteiger partial charge in [-0.05, 0) is 53.1 Å². The fourth-order valence-corrected chi connectivity index (χ4v) is 2.41. The fourth-order valence-electron chi connectivity index (χ4n) is 2.41. The zero-order chi connectivity index (χ0) is 12.6. The minimum atomic E-state index is 0.633. The second-order valence-corrected chi connectivity index (χ2v) is 5.04. The molecule has 0 bridgehead atoms. The van der Waals surface area contributed by atoms with Crippen LogP contribution in [0.2, 0.25) is 0 Å². The molecule has 16 heavy (non-hydrogen) atoms. The maximum Gasteiger partial charge on any atom is 0.0223 e. The molecule has 2 atom stereocenters. The van der Waals surface area contributed by atoms with Crippen molar-refractivity contribution in [1.82, 2.24) is 10.2 Å². The summed E-state index contributed by atoms with van der Waals surface area (Å²) in [5.41, 5.74) is 0. The Morgan fingerprint density at radius 1 is 1.00 bits per heavy atom. The molecule has 0 fully saturated rings. The van der Waals surface area contributed by atoms with Crippen molar-refractivity contribution >= 4 is 0 Å². The van der Waals surface area contributed by atoms with E-state index in [2.05, 4.69) is 51.8 Å². The van der Waals surface area contributed by atoms with Gasteiger partial charge in [-0.3, -0.25) is 4.90 Å². The zero-order valence-electron chi connectivity index (χ0n) is 12.2. The highest BCUT2D eigenvalue weighted by Gasteiger charge is 2.22. The minimum Gasteiger partial charge on any atom is -0.312 e. The molecule has 0 aromatic heterocycles. The van der Waals surface area contributed by atoms with Crippen LogP contribution in [0.3, 0.4) is 0 Å². The maximum absolute atomic E-state index is 3.67. The summed E-state index contributed by atoms with van der Waals surface area (Å²) in [6, 6.07) is 1.91. The van der Waals surface area contributed by atoms with Gasteiger partial charge in [0.2, 0.25) is 0 Å². The molecule has 0 heterocycles. The van der Waals surface area contributed by atoms with Gasteiger partial charge in [-0.15, -0.1) is 0 Å². The first-order valence-corrected chi connectivity index (χ1v) is 7.07.